The van der Waals surface area contributed by atoms with Gasteiger partial charge in [0.1, 0.15) is 35.3 Å². The van der Waals surface area contributed by atoms with Crippen LogP contribution in [-0.4, -0.2) is 50.3 Å². The topological polar surface area (TPSA) is 135 Å². The van der Waals surface area contributed by atoms with Crippen molar-refractivity contribution < 1.29 is 27.9 Å². The van der Waals surface area contributed by atoms with Crippen LogP contribution in [0.4, 0.5) is 21.2 Å². The van der Waals surface area contributed by atoms with E-state index in [4.69, 9.17) is 35.7 Å². The summed E-state index contributed by atoms with van der Waals surface area (Å²) in [4.78, 5) is 30.5. The van der Waals surface area contributed by atoms with E-state index in [1.807, 2.05) is 12.1 Å². The highest BCUT2D eigenvalue weighted by molar-refractivity contribution is 6.75. The molecule has 0 spiro atoms. The summed E-state index contributed by atoms with van der Waals surface area (Å²) in [5.74, 6) is 2.57. The van der Waals surface area contributed by atoms with Gasteiger partial charge in [-0.3, -0.25) is 5.32 Å². The Labute approximate surface area is 309 Å². The van der Waals surface area contributed by atoms with E-state index in [-0.39, 0.29) is 29.7 Å². The van der Waals surface area contributed by atoms with Crippen molar-refractivity contribution in [2.45, 2.75) is 162 Å². The molecule has 2 saturated carbocycles. The molecular formula is C37H65ClN4O6Si2. The van der Waals surface area contributed by atoms with Gasteiger partial charge in [0.05, 0.1) is 12.4 Å². The van der Waals surface area contributed by atoms with Crippen LogP contribution in [0.2, 0.25) is 36.3 Å². The minimum absolute atomic E-state index is 0. The third-order valence-corrected chi connectivity index (χ3v) is 18.5. The fourth-order valence-corrected chi connectivity index (χ4v) is 6.80. The minimum atomic E-state index is -1.88. The van der Waals surface area contributed by atoms with E-state index in [9.17, 15) is 9.59 Å². The molecule has 13 heteroatoms. The molecule has 2 fully saturated rings. The molecule has 0 aromatic carbocycles. The van der Waals surface area contributed by atoms with E-state index < -0.39 is 28.2 Å². The van der Waals surface area contributed by atoms with Gasteiger partial charge in [-0.2, -0.15) is 0 Å². The van der Waals surface area contributed by atoms with E-state index >= 15 is 0 Å². The summed E-state index contributed by atoms with van der Waals surface area (Å²) in [5.41, 5.74) is 4.86. The first-order valence-electron chi connectivity index (χ1n) is 17.6. The lowest BCUT2D eigenvalue weighted by atomic mass is 9.98. The Hall–Kier alpha value is -2.84. The fraction of sp³-hybridized carbons (Fsp3) is 0.676. The molecule has 0 atom stereocenters. The van der Waals surface area contributed by atoms with Crippen molar-refractivity contribution in [2.24, 2.45) is 0 Å². The number of halogens is 1. The normalized spacial score (nSPS) is 15.8. The zero-order valence-corrected chi connectivity index (χ0v) is 34.2. The maximum Gasteiger partial charge on any atom is 0.413 e. The van der Waals surface area contributed by atoms with Crippen LogP contribution in [0, 0.1) is 0 Å². The second-order valence-electron chi connectivity index (χ2n) is 15.9. The Morgan fingerprint density at radius 1 is 0.720 bits per heavy atom. The number of nitrogens with two attached hydrogens (primary N) is 1. The van der Waals surface area contributed by atoms with Crippen molar-refractivity contribution in [3.63, 3.8) is 0 Å². The second-order valence-corrected chi connectivity index (χ2v) is 25.7. The number of pyridine rings is 2. The maximum absolute atomic E-state index is 11.9. The van der Waals surface area contributed by atoms with E-state index in [1.165, 1.54) is 12.8 Å². The van der Waals surface area contributed by atoms with Gasteiger partial charge in [0, 0.05) is 11.6 Å². The summed E-state index contributed by atoms with van der Waals surface area (Å²) in [6.07, 6.45) is 14.0. The molecule has 2 aliphatic rings. The zero-order valence-electron chi connectivity index (χ0n) is 31.5. The molecule has 3 N–H and O–H groups in total. The number of hydrogen-bond donors (Lipinski definition) is 2. The molecule has 0 unspecified atom stereocenters. The summed E-state index contributed by atoms with van der Waals surface area (Å²) >= 11 is 5.05. The Morgan fingerprint density at radius 3 is 1.50 bits per heavy atom. The van der Waals surface area contributed by atoms with Crippen LogP contribution in [-0.2, 0) is 9.47 Å². The van der Waals surface area contributed by atoms with Gasteiger partial charge in [0.2, 0.25) is 0 Å². The number of ether oxygens (including phenoxy) is 2. The van der Waals surface area contributed by atoms with E-state index in [0.717, 1.165) is 62.9 Å². The summed E-state index contributed by atoms with van der Waals surface area (Å²) in [6, 6.07) is 7.25. The van der Waals surface area contributed by atoms with Gasteiger partial charge in [-0.25, -0.2) is 19.6 Å². The number of carbonyl (C=O) groups is 2. The number of amides is 1. The largest absolute Gasteiger partial charge is 0.542 e. The third-order valence-electron chi connectivity index (χ3n) is 9.72. The second kappa shape index (κ2) is 20.3. The van der Waals surface area contributed by atoms with E-state index in [0.29, 0.717) is 11.6 Å². The van der Waals surface area contributed by atoms with Crippen LogP contribution >= 0.6 is 11.6 Å². The number of anilines is 2. The number of nitrogens with one attached hydrogen (secondary N) is 1. The van der Waals surface area contributed by atoms with Crippen molar-refractivity contribution in [2.75, 3.05) is 11.1 Å². The quantitative estimate of drug-likeness (QED) is 0.209. The average molecular weight is 754 g/mol. The van der Waals surface area contributed by atoms with Gasteiger partial charge < -0.3 is 24.1 Å². The molecule has 1 amide bonds. The van der Waals surface area contributed by atoms with Gasteiger partial charge in [-0.15, -0.1) is 0 Å². The van der Waals surface area contributed by atoms with Crippen molar-refractivity contribution in [3.05, 3.63) is 36.7 Å². The van der Waals surface area contributed by atoms with Gasteiger partial charge in [-0.05, 0) is 112 Å². The van der Waals surface area contributed by atoms with Crippen LogP contribution in [0.5, 0.6) is 11.5 Å². The molecule has 2 aromatic heterocycles. The Morgan fingerprint density at radius 2 is 1.14 bits per heavy atom. The minimum Gasteiger partial charge on any atom is -0.542 e. The van der Waals surface area contributed by atoms with Crippen LogP contribution in [0.15, 0.2) is 36.7 Å². The number of hydrogen-bond acceptors (Lipinski definition) is 9. The first kappa shape index (κ1) is 45.2. The molecule has 50 heavy (non-hydrogen) atoms. The smallest absolute Gasteiger partial charge is 0.413 e. The van der Waals surface area contributed by atoms with E-state index in [2.05, 4.69) is 83.0 Å². The SMILES string of the molecule is C.CC(C)(C)[Si](C)(C)Oc1ccc(N)nc1.CC(C)(C)[Si](C)(C)Oc1ccc(NC(=O)OC2CCCCC2)nc1.O=C(Cl)OC1CCCCC1. The summed E-state index contributed by atoms with van der Waals surface area (Å²) < 4.78 is 22.5. The van der Waals surface area contributed by atoms with Gasteiger partial charge in [-0.1, -0.05) is 61.8 Å². The first-order valence-corrected chi connectivity index (χ1v) is 23.8. The lowest BCUT2D eigenvalue weighted by molar-refractivity contribution is 0.0864. The van der Waals surface area contributed by atoms with Gasteiger partial charge in [0.25, 0.3) is 16.6 Å². The summed E-state index contributed by atoms with van der Waals surface area (Å²) in [5, 5.41) is 3.03. The highest BCUT2D eigenvalue weighted by Crippen LogP contribution is 2.38. The predicted octanol–water partition coefficient (Wildman–Crippen LogP) is 11.7. The molecule has 2 heterocycles. The van der Waals surface area contributed by atoms with Crippen LogP contribution in [0.3, 0.4) is 0 Å². The molecule has 0 bridgehead atoms. The summed E-state index contributed by atoms with van der Waals surface area (Å²) in [7, 11) is -3.62. The van der Waals surface area contributed by atoms with Crippen molar-refractivity contribution in [3.8, 4) is 11.5 Å². The summed E-state index contributed by atoms with van der Waals surface area (Å²) in [6.45, 7) is 22.0. The molecule has 0 aliphatic heterocycles. The zero-order chi connectivity index (χ0) is 36.9. The molecular weight excluding hydrogens is 688 g/mol. The molecule has 0 radical (unpaired) electrons. The molecule has 0 saturated heterocycles. The molecule has 10 nitrogen and oxygen atoms in total. The molecule has 2 aromatic rings. The van der Waals surface area contributed by atoms with Gasteiger partial charge >= 0.3 is 11.5 Å². The van der Waals surface area contributed by atoms with Crippen LogP contribution in [0.1, 0.15) is 113 Å². The Bertz CT molecular complexity index is 1290. The number of rotatable bonds is 7. The highest BCUT2D eigenvalue weighted by Gasteiger charge is 2.40. The monoisotopic (exact) mass is 752 g/mol. The van der Waals surface area contributed by atoms with Gasteiger partial charge in [0.15, 0.2) is 0 Å². The lowest BCUT2D eigenvalue weighted by Gasteiger charge is -2.36. The van der Waals surface area contributed by atoms with E-state index in [1.54, 1.807) is 24.5 Å². The Kier molecular flexibility index (Phi) is 18.3. The molecule has 284 valence electrons. The van der Waals surface area contributed by atoms with Crippen molar-refractivity contribution in [1.29, 1.82) is 0 Å². The number of aromatic nitrogens is 2. The standard InChI is InChI=1S/C18H30N2O3Si.C11H20N2OSi.C7H11ClO2.CH4/c1-18(2,3)24(4,5)23-15-11-12-16(19-13-15)20-17(21)22-14-9-7-6-8-10-14;1-11(2,3)15(4,5)14-9-6-7-10(12)13-8-9;8-7(9)10-6-4-2-1-3-5-6;/h11-14H,6-10H2,1-5H3,(H,19,20,21);6-8H,1-5H3,(H2,12,13);6H,1-5H2;1H4. The number of nitrogen functional groups attached to an aromatic ring is 1. The van der Waals surface area contributed by atoms with Crippen LogP contribution in [0.25, 0.3) is 0 Å². The van der Waals surface area contributed by atoms with Crippen LogP contribution < -0.4 is 19.9 Å². The van der Waals surface area contributed by atoms with Crippen molar-refractivity contribution >= 4 is 51.4 Å². The molecule has 4 rings (SSSR count). The number of carbonyl (C=O) groups excluding carboxylic acids is 2. The van der Waals surface area contributed by atoms with Crippen molar-refractivity contribution in [1.82, 2.24) is 9.97 Å². The Balaban J connectivity index is 0.000000410. The maximum atomic E-state index is 11.9. The lowest BCUT2D eigenvalue weighted by Crippen LogP contribution is -2.43. The predicted molar refractivity (Wildman–Crippen MR) is 211 cm³/mol. The number of nitrogens with zero attached hydrogens (tertiary/aromatic N) is 2. The third kappa shape index (κ3) is 16.5. The molecule has 2 aliphatic carbocycles. The fourth-order valence-electron chi connectivity index (χ4n) is 4.64. The average Bonchev–Trinajstić information content (AvgIpc) is 2.99. The highest BCUT2D eigenvalue weighted by atomic mass is 35.5. The first-order chi connectivity index (χ1) is 22.7.